The van der Waals surface area contributed by atoms with E-state index in [2.05, 4.69) is 0 Å². The van der Waals surface area contributed by atoms with Gasteiger partial charge in [0.1, 0.15) is 6.10 Å². The van der Waals surface area contributed by atoms with Gasteiger partial charge in [0.05, 0.1) is 12.6 Å². The van der Waals surface area contributed by atoms with Crippen LogP contribution in [0.5, 0.6) is 0 Å². The first kappa shape index (κ1) is 11.8. The van der Waals surface area contributed by atoms with Crippen molar-refractivity contribution in [2.45, 2.75) is 24.1 Å². The second-order valence-corrected chi connectivity index (χ2v) is 3.53. The van der Waals surface area contributed by atoms with E-state index in [0.29, 0.717) is 0 Å². The molecule has 4 N–H and O–H groups in total. The SMILES string of the molecule is NC(CO)C(O)C1([N+](=O)[O-])C=CC=CC1. The fraction of sp³-hybridized carbons (Fsp3) is 0.556. The van der Waals surface area contributed by atoms with Crippen LogP contribution in [0.4, 0.5) is 0 Å². The molecular weight excluding hydrogens is 200 g/mol. The maximum atomic E-state index is 11.0. The molecule has 0 amide bonds. The summed E-state index contributed by atoms with van der Waals surface area (Å²) in [5.41, 5.74) is 3.79. The first-order valence-corrected chi connectivity index (χ1v) is 4.58. The lowest BCUT2D eigenvalue weighted by Gasteiger charge is -2.30. The first-order chi connectivity index (χ1) is 7.04. The molecule has 3 atom stereocenters. The highest BCUT2D eigenvalue weighted by molar-refractivity contribution is 5.21. The molecule has 1 aliphatic rings. The Balaban J connectivity index is 2.97. The Labute approximate surface area is 86.9 Å². The average Bonchev–Trinajstić information content (AvgIpc) is 2.27. The molecule has 6 nitrogen and oxygen atoms in total. The van der Waals surface area contributed by atoms with Crippen molar-refractivity contribution in [3.63, 3.8) is 0 Å². The molecule has 0 saturated carbocycles. The van der Waals surface area contributed by atoms with Crippen LogP contribution in [0.2, 0.25) is 0 Å². The van der Waals surface area contributed by atoms with Gasteiger partial charge in [-0.1, -0.05) is 18.2 Å². The number of nitrogens with two attached hydrogens (primary N) is 1. The van der Waals surface area contributed by atoms with E-state index in [1.54, 1.807) is 12.2 Å². The maximum Gasteiger partial charge on any atom is 0.270 e. The predicted molar refractivity (Wildman–Crippen MR) is 53.7 cm³/mol. The molecule has 6 heteroatoms. The molecule has 0 spiro atoms. The standard InChI is InChI=1S/C9H14N2O4/c10-7(6-12)8(13)9(11(14)15)4-2-1-3-5-9/h1-4,7-8,12-13H,5-6,10H2. The highest BCUT2D eigenvalue weighted by Gasteiger charge is 2.49. The van der Waals surface area contributed by atoms with Crippen LogP contribution in [-0.2, 0) is 0 Å². The average molecular weight is 214 g/mol. The van der Waals surface area contributed by atoms with Gasteiger partial charge in [-0.15, -0.1) is 0 Å². The van der Waals surface area contributed by atoms with E-state index in [-0.39, 0.29) is 6.42 Å². The second kappa shape index (κ2) is 4.52. The lowest BCUT2D eigenvalue weighted by atomic mass is 9.83. The third kappa shape index (κ3) is 2.06. The third-order valence-electron chi connectivity index (χ3n) is 2.55. The van der Waals surface area contributed by atoms with Gasteiger partial charge in [-0.3, -0.25) is 10.1 Å². The van der Waals surface area contributed by atoms with Gasteiger partial charge in [0.2, 0.25) is 0 Å². The molecule has 0 aromatic heterocycles. The van der Waals surface area contributed by atoms with Crippen LogP contribution < -0.4 is 5.73 Å². The van der Waals surface area contributed by atoms with Gasteiger partial charge < -0.3 is 15.9 Å². The Morgan fingerprint density at radius 2 is 2.27 bits per heavy atom. The molecule has 0 saturated heterocycles. The molecule has 0 bridgehead atoms. The molecule has 0 fully saturated rings. The summed E-state index contributed by atoms with van der Waals surface area (Å²) in [5.74, 6) is 0. The number of nitro groups is 1. The zero-order chi connectivity index (χ0) is 11.5. The lowest BCUT2D eigenvalue weighted by Crippen LogP contribution is -2.57. The fourth-order valence-electron chi connectivity index (χ4n) is 1.56. The largest absolute Gasteiger partial charge is 0.395 e. The van der Waals surface area contributed by atoms with Crippen molar-refractivity contribution < 1.29 is 15.1 Å². The van der Waals surface area contributed by atoms with Crippen molar-refractivity contribution >= 4 is 0 Å². The second-order valence-electron chi connectivity index (χ2n) is 3.53. The minimum absolute atomic E-state index is 0.0748. The molecular formula is C9H14N2O4. The van der Waals surface area contributed by atoms with E-state index in [1.807, 2.05) is 0 Å². The van der Waals surface area contributed by atoms with E-state index in [4.69, 9.17) is 10.8 Å². The number of nitrogens with zero attached hydrogens (tertiary/aromatic N) is 1. The van der Waals surface area contributed by atoms with Gasteiger partial charge in [-0.05, 0) is 6.08 Å². The summed E-state index contributed by atoms with van der Waals surface area (Å²) in [5, 5.41) is 29.5. The Hall–Kier alpha value is -1.24. The lowest BCUT2D eigenvalue weighted by molar-refractivity contribution is -0.568. The normalized spacial score (nSPS) is 28.7. The van der Waals surface area contributed by atoms with Gasteiger partial charge in [0, 0.05) is 11.3 Å². The monoisotopic (exact) mass is 214 g/mol. The number of hydrogen-bond acceptors (Lipinski definition) is 5. The summed E-state index contributed by atoms with van der Waals surface area (Å²) in [7, 11) is 0. The quantitative estimate of drug-likeness (QED) is 0.419. The molecule has 0 aromatic carbocycles. The number of aliphatic hydroxyl groups is 2. The minimum Gasteiger partial charge on any atom is -0.395 e. The number of aliphatic hydroxyl groups excluding tert-OH is 2. The third-order valence-corrected chi connectivity index (χ3v) is 2.55. The first-order valence-electron chi connectivity index (χ1n) is 4.58. The Morgan fingerprint density at radius 3 is 2.67 bits per heavy atom. The molecule has 0 aliphatic heterocycles. The van der Waals surface area contributed by atoms with Crippen molar-refractivity contribution in [2.75, 3.05) is 6.61 Å². The zero-order valence-corrected chi connectivity index (χ0v) is 8.11. The van der Waals surface area contributed by atoms with E-state index in [0.717, 1.165) is 0 Å². The van der Waals surface area contributed by atoms with Crippen LogP contribution in [0, 0.1) is 10.1 Å². The summed E-state index contributed by atoms with van der Waals surface area (Å²) in [6, 6.07) is -1.02. The molecule has 0 aromatic rings. The fourth-order valence-corrected chi connectivity index (χ4v) is 1.56. The molecule has 1 rings (SSSR count). The van der Waals surface area contributed by atoms with Gasteiger partial charge >= 0.3 is 0 Å². The van der Waals surface area contributed by atoms with Crippen LogP contribution in [0.1, 0.15) is 6.42 Å². The van der Waals surface area contributed by atoms with Gasteiger partial charge in [0.25, 0.3) is 5.54 Å². The Kier molecular flexibility index (Phi) is 3.57. The zero-order valence-electron chi connectivity index (χ0n) is 8.11. The van der Waals surface area contributed by atoms with Crippen molar-refractivity contribution in [1.29, 1.82) is 0 Å². The van der Waals surface area contributed by atoms with Gasteiger partial charge in [-0.2, -0.15) is 0 Å². The highest BCUT2D eigenvalue weighted by Crippen LogP contribution is 2.27. The molecule has 1 aliphatic carbocycles. The van der Waals surface area contributed by atoms with Crippen molar-refractivity contribution in [2.24, 2.45) is 5.73 Å². The summed E-state index contributed by atoms with van der Waals surface area (Å²) < 4.78 is 0. The number of allylic oxidation sites excluding steroid dienone is 2. The van der Waals surface area contributed by atoms with Crippen LogP contribution in [0.25, 0.3) is 0 Å². The van der Waals surface area contributed by atoms with E-state index >= 15 is 0 Å². The minimum atomic E-state index is -1.61. The van der Waals surface area contributed by atoms with Gasteiger partial charge in [0.15, 0.2) is 0 Å². The van der Waals surface area contributed by atoms with Crippen LogP contribution >= 0.6 is 0 Å². The summed E-state index contributed by atoms with van der Waals surface area (Å²) in [4.78, 5) is 10.4. The summed E-state index contributed by atoms with van der Waals surface area (Å²) in [6.45, 7) is -0.492. The molecule has 0 radical (unpaired) electrons. The van der Waals surface area contributed by atoms with Crippen molar-refractivity contribution in [1.82, 2.24) is 0 Å². The van der Waals surface area contributed by atoms with Gasteiger partial charge in [-0.25, -0.2) is 0 Å². The molecule has 15 heavy (non-hydrogen) atoms. The molecule has 84 valence electrons. The predicted octanol–water partition coefficient (Wildman–Crippen LogP) is -0.801. The smallest absolute Gasteiger partial charge is 0.270 e. The summed E-state index contributed by atoms with van der Waals surface area (Å²) in [6.07, 6.45) is 4.74. The van der Waals surface area contributed by atoms with E-state index in [1.165, 1.54) is 12.2 Å². The number of rotatable bonds is 4. The molecule has 0 heterocycles. The summed E-state index contributed by atoms with van der Waals surface area (Å²) >= 11 is 0. The Bertz CT molecular complexity index is 302. The van der Waals surface area contributed by atoms with E-state index < -0.39 is 29.2 Å². The Morgan fingerprint density at radius 1 is 1.60 bits per heavy atom. The van der Waals surface area contributed by atoms with Crippen molar-refractivity contribution in [3.8, 4) is 0 Å². The maximum absolute atomic E-state index is 11.0. The number of hydrogen-bond donors (Lipinski definition) is 3. The molecule has 3 unspecified atom stereocenters. The topological polar surface area (TPSA) is 110 Å². The van der Waals surface area contributed by atoms with Crippen LogP contribution in [0.15, 0.2) is 24.3 Å². The van der Waals surface area contributed by atoms with Crippen LogP contribution in [0.3, 0.4) is 0 Å². The van der Waals surface area contributed by atoms with Crippen LogP contribution in [-0.4, -0.2) is 39.4 Å². The highest BCUT2D eigenvalue weighted by atomic mass is 16.6. The van der Waals surface area contributed by atoms with E-state index in [9.17, 15) is 15.2 Å². The van der Waals surface area contributed by atoms with Crippen molar-refractivity contribution in [3.05, 3.63) is 34.4 Å².